The maximum absolute atomic E-state index is 12.0. The van der Waals surface area contributed by atoms with Gasteiger partial charge in [-0.05, 0) is 51.3 Å². The molecule has 0 spiro atoms. The van der Waals surface area contributed by atoms with Gasteiger partial charge >= 0.3 is 0 Å². The third-order valence-electron chi connectivity index (χ3n) is 5.14. The van der Waals surface area contributed by atoms with Crippen molar-refractivity contribution in [2.24, 2.45) is 0 Å². The van der Waals surface area contributed by atoms with Crippen LogP contribution in [-0.2, 0) is 9.84 Å². The van der Waals surface area contributed by atoms with Gasteiger partial charge in [0.1, 0.15) is 0 Å². The summed E-state index contributed by atoms with van der Waals surface area (Å²) in [5.74, 6) is 0. The van der Waals surface area contributed by atoms with E-state index in [0.29, 0.717) is 17.0 Å². The normalized spacial score (nSPS) is 24.8. The highest BCUT2D eigenvalue weighted by atomic mass is 32.2. The van der Waals surface area contributed by atoms with Crippen LogP contribution in [0.25, 0.3) is 0 Å². The zero-order chi connectivity index (χ0) is 15.7. The van der Waals surface area contributed by atoms with E-state index in [2.05, 4.69) is 16.7 Å². The number of sulfone groups is 1. The summed E-state index contributed by atoms with van der Waals surface area (Å²) in [4.78, 5) is 5.36. The summed E-state index contributed by atoms with van der Waals surface area (Å²) in [5, 5.41) is 0. The Balaban J connectivity index is 1.72. The summed E-state index contributed by atoms with van der Waals surface area (Å²) in [5.41, 5.74) is 0.873. The van der Waals surface area contributed by atoms with Crippen molar-refractivity contribution in [3.8, 4) is 0 Å². The Labute approximate surface area is 134 Å². The average Bonchev–Trinajstić information content (AvgIpc) is 2.93. The number of benzene rings is 1. The number of hydrogen-bond donors (Lipinski definition) is 0. The predicted octanol–water partition coefficient (Wildman–Crippen LogP) is 2.54. The monoisotopic (exact) mass is 322 g/mol. The molecule has 3 rings (SSSR count). The van der Waals surface area contributed by atoms with E-state index in [0.717, 1.165) is 31.6 Å². The Bertz CT molecular complexity index is 621. The van der Waals surface area contributed by atoms with Gasteiger partial charge in [-0.2, -0.15) is 0 Å². The Kier molecular flexibility index (Phi) is 4.46. The van der Waals surface area contributed by atoms with Crippen molar-refractivity contribution in [2.45, 2.75) is 49.6 Å². The van der Waals surface area contributed by atoms with E-state index in [1.54, 1.807) is 12.1 Å². The summed E-state index contributed by atoms with van der Waals surface area (Å²) < 4.78 is 24.0. The molecule has 2 aliphatic heterocycles. The second kappa shape index (κ2) is 6.20. The molecule has 0 radical (unpaired) electrons. The highest BCUT2D eigenvalue weighted by Crippen LogP contribution is 2.30. The van der Waals surface area contributed by atoms with Gasteiger partial charge in [-0.3, -0.25) is 4.90 Å². The van der Waals surface area contributed by atoms with Gasteiger partial charge in [0.05, 0.1) is 10.6 Å². The second-order valence-corrected chi connectivity index (χ2v) is 8.67. The number of likely N-dealkylation sites (tertiary alicyclic amines) is 1. The van der Waals surface area contributed by atoms with Gasteiger partial charge in [-0.1, -0.05) is 12.1 Å². The predicted molar refractivity (Wildman–Crippen MR) is 90.2 cm³/mol. The number of hydrogen-bond acceptors (Lipinski definition) is 4. The van der Waals surface area contributed by atoms with Gasteiger partial charge in [0, 0.05) is 31.4 Å². The lowest BCUT2D eigenvalue weighted by molar-refractivity contribution is 0.163. The molecule has 0 aromatic heterocycles. The van der Waals surface area contributed by atoms with Gasteiger partial charge in [0.15, 0.2) is 9.84 Å². The molecular formula is C17H26N2O2S. The van der Waals surface area contributed by atoms with Crippen LogP contribution in [0, 0.1) is 0 Å². The van der Waals surface area contributed by atoms with Crippen LogP contribution >= 0.6 is 0 Å². The number of anilines is 1. The van der Waals surface area contributed by atoms with Crippen LogP contribution in [0.5, 0.6) is 0 Å². The smallest absolute Gasteiger partial charge is 0.177 e. The molecule has 5 heteroatoms. The highest BCUT2D eigenvalue weighted by Gasteiger charge is 2.31. The zero-order valence-electron chi connectivity index (χ0n) is 13.5. The lowest BCUT2D eigenvalue weighted by atomic mass is 10.0. The van der Waals surface area contributed by atoms with E-state index in [1.165, 1.54) is 25.6 Å². The Morgan fingerprint density at radius 1 is 1.05 bits per heavy atom. The zero-order valence-corrected chi connectivity index (χ0v) is 14.3. The van der Waals surface area contributed by atoms with Crippen molar-refractivity contribution >= 4 is 15.5 Å². The molecule has 0 aliphatic carbocycles. The SMILES string of the molecule is CC1CCCN1C1CCN(c2ccccc2S(C)(=O)=O)CC1. The van der Waals surface area contributed by atoms with Gasteiger partial charge in [0.25, 0.3) is 0 Å². The molecule has 4 nitrogen and oxygen atoms in total. The Hall–Kier alpha value is -1.07. The maximum atomic E-state index is 12.0. The van der Waals surface area contributed by atoms with Gasteiger partial charge in [0.2, 0.25) is 0 Å². The topological polar surface area (TPSA) is 40.6 Å². The third-order valence-corrected chi connectivity index (χ3v) is 6.29. The highest BCUT2D eigenvalue weighted by molar-refractivity contribution is 7.90. The molecule has 0 N–H and O–H groups in total. The first-order valence-corrected chi connectivity index (χ1v) is 10.2. The van der Waals surface area contributed by atoms with Crippen LogP contribution in [0.4, 0.5) is 5.69 Å². The first kappa shape index (κ1) is 15.8. The van der Waals surface area contributed by atoms with Crippen LogP contribution < -0.4 is 4.90 Å². The van der Waals surface area contributed by atoms with Crippen LogP contribution in [0.1, 0.15) is 32.6 Å². The third kappa shape index (κ3) is 3.15. The number of para-hydroxylation sites is 1. The second-order valence-electron chi connectivity index (χ2n) is 6.69. The van der Waals surface area contributed by atoms with Crippen molar-refractivity contribution in [3.05, 3.63) is 24.3 Å². The van der Waals surface area contributed by atoms with Crippen molar-refractivity contribution in [1.29, 1.82) is 0 Å². The molecule has 2 fully saturated rings. The fourth-order valence-electron chi connectivity index (χ4n) is 3.97. The van der Waals surface area contributed by atoms with Crippen molar-refractivity contribution in [3.63, 3.8) is 0 Å². The fourth-order valence-corrected chi connectivity index (χ4v) is 4.87. The molecule has 2 heterocycles. The van der Waals surface area contributed by atoms with Gasteiger partial charge in [-0.25, -0.2) is 8.42 Å². The largest absolute Gasteiger partial charge is 0.370 e. The van der Waals surface area contributed by atoms with Crippen LogP contribution in [0.2, 0.25) is 0 Å². The standard InChI is InChI=1S/C17H26N2O2S/c1-14-6-5-11-19(14)15-9-12-18(13-10-15)16-7-3-4-8-17(16)22(2,20)21/h3-4,7-8,14-15H,5-6,9-13H2,1-2H3. The molecule has 122 valence electrons. The number of nitrogens with zero attached hydrogens (tertiary/aromatic N) is 2. The Morgan fingerprint density at radius 3 is 2.32 bits per heavy atom. The summed E-state index contributed by atoms with van der Waals surface area (Å²) in [6.45, 7) is 5.45. The molecule has 2 aliphatic rings. The first-order chi connectivity index (χ1) is 10.5. The maximum Gasteiger partial charge on any atom is 0.177 e. The molecule has 22 heavy (non-hydrogen) atoms. The average molecular weight is 322 g/mol. The van der Waals surface area contributed by atoms with Crippen molar-refractivity contribution in [1.82, 2.24) is 4.90 Å². The molecule has 1 aromatic rings. The van der Waals surface area contributed by atoms with E-state index in [9.17, 15) is 8.42 Å². The fraction of sp³-hybridized carbons (Fsp3) is 0.647. The lowest BCUT2D eigenvalue weighted by Gasteiger charge is -2.40. The van der Waals surface area contributed by atoms with Crippen molar-refractivity contribution < 1.29 is 8.42 Å². The number of rotatable bonds is 3. The minimum absolute atomic E-state index is 0.461. The van der Waals surface area contributed by atoms with E-state index in [-0.39, 0.29) is 0 Å². The molecule has 1 atom stereocenters. The van der Waals surface area contributed by atoms with Crippen LogP contribution in [0.3, 0.4) is 0 Å². The van der Waals surface area contributed by atoms with E-state index in [1.807, 2.05) is 12.1 Å². The molecule has 0 bridgehead atoms. The summed E-state index contributed by atoms with van der Waals surface area (Å²) in [6, 6.07) is 8.77. The summed E-state index contributed by atoms with van der Waals surface area (Å²) >= 11 is 0. The van der Waals surface area contributed by atoms with Gasteiger partial charge < -0.3 is 4.90 Å². The number of piperidine rings is 1. The molecule has 1 aromatic carbocycles. The molecule has 1 unspecified atom stereocenters. The van der Waals surface area contributed by atoms with Gasteiger partial charge in [-0.15, -0.1) is 0 Å². The minimum Gasteiger partial charge on any atom is -0.370 e. The van der Waals surface area contributed by atoms with Crippen LogP contribution in [-0.4, -0.2) is 51.3 Å². The quantitative estimate of drug-likeness (QED) is 0.857. The molecular weight excluding hydrogens is 296 g/mol. The summed E-state index contributed by atoms with van der Waals surface area (Å²) in [7, 11) is -3.17. The minimum atomic E-state index is -3.17. The van der Waals surface area contributed by atoms with E-state index in [4.69, 9.17) is 0 Å². The van der Waals surface area contributed by atoms with E-state index >= 15 is 0 Å². The van der Waals surface area contributed by atoms with E-state index < -0.39 is 9.84 Å². The summed E-state index contributed by atoms with van der Waals surface area (Å²) in [6.07, 6.45) is 6.19. The van der Waals surface area contributed by atoms with Crippen molar-refractivity contribution in [2.75, 3.05) is 30.8 Å². The van der Waals surface area contributed by atoms with Crippen LogP contribution in [0.15, 0.2) is 29.2 Å². The lowest BCUT2D eigenvalue weighted by Crippen LogP contribution is -2.46. The first-order valence-electron chi connectivity index (χ1n) is 8.26. The molecule has 2 saturated heterocycles. The molecule has 0 saturated carbocycles. The molecule has 0 amide bonds. The Morgan fingerprint density at radius 2 is 1.73 bits per heavy atom.